The molecule has 4 rings (SSSR count). The second kappa shape index (κ2) is 7.84. The van der Waals surface area contributed by atoms with Gasteiger partial charge in [-0.15, -0.1) is 15.0 Å². The van der Waals surface area contributed by atoms with E-state index in [-0.39, 0.29) is 5.91 Å². The lowest BCUT2D eigenvalue weighted by Crippen LogP contribution is -2.13. The maximum absolute atomic E-state index is 12.6. The zero-order chi connectivity index (χ0) is 19.5. The number of carbonyl (C=O) groups excluding carboxylic acids is 1. The molecule has 0 aliphatic carbocycles. The van der Waals surface area contributed by atoms with Crippen molar-refractivity contribution in [3.05, 3.63) is 94.5 Å². The largest absolute Gasteiger partial charge is 0.303 e. The number of nitrogens with one attached hydrogen (secondary N) is 1. The molecule has 0 spiro atoms. The number of hydrogen-bond donors (Lipinski definition) is 1. The second-order valence-electron chi connectivity index (χ2n) is 5.95. The molecule has 3 aromatic carbocycles. The molecule has 7 heteroatoms. The first-order chi connectivity index (χ1) is 13.6. The predicted molar refractivity (Wildman–Crippen MR) is 111 cm³/mol. The molecule has 0 aliphatic heterocycles. The highest BCUT2D eigenvalue weighted by atomic mass is 35.5. The molecular formula is C21H14Cl2N4O. The number of aromatic nitrogens is 3. The Labute approximate surface area is 171 Å². The average Bonchev–Trinajstić information content (AvgIpc) is 3.15. The number of halogens is 2. The van der Waals surface area contributed by atoms with Crippen LogP contribution in [0.2, 0.25) is 10.0 Å². The van der Waals surface area contributed by atoms with Crippen LogP contribution in [0, 0.1) is 0 Å². The standard InChI is InChI=1S/C21H14Cl2N4O/c22-16-12-7-13-17(18(16)23)27-25-19(14-8-3-1-4-9-14)20(26-27)24-21(28)15-10-5-2-6-11-15/h1-13H,(H,24,26,28). The molecule has 0 saturated carbocycles. The van der Waals surface area contributed by atoms with E-state index in [1.165, 1.54) is 4.80 Å². The van der Waals surface area contributed by atoms with Crippen LogP contribution in [-0.4, -0.2) is 20.9 Å². The molecular weight excluding hydrogens is 395 g/mol. The van der Waals surface area contributed by atoms with Crippen molar-refractivity contribution < 1.29 is 4.79 Å². The summed E-state index contributed by atoms with van der Waals surface area (Å²) in [5, 5.41) is 12.6. The lowest BCUT2D eigenvalue weighted by molar-refractivity contribution is 0.102. The van der Waals surface area contributed by atoms with E-state index in [0.717, 1.165) is 5.56 Å². The molecule has 0 radical (unpaired) electrons. The molecule has 0 atom stereocenters. The minimum absolute atomic E-state index is 0.276. The molecule has 0 saturated heterocycles. The number of benzene rings is 3. The minimum atomic E-state index is -0.276. The second-order valence-corrected chi connectivity index (χ2v) is 6.73. The van der Waals surface area contributed by atoms with Gasteiger partial charge in [-0.05, 0) is 24.3 Å². The Morgan fingerprint density at radius 3 is 2.21 bits per heavy atom. The van der Waals surface area contributed by atoms with E-state index >= 15 is 0 Å². The Morgan fingerprint density at radius 1 is 0.821 bits per heavy atom. The van der Waals surface area contributed by atoms with Gasteiger partial charge >= 0.3 is 0 Å². The van der Waals surface area contributed by atoms with Gasteiger partial charge in [-0.3, -0.25) is 4.79 Å². The summed E-state index contributed by atoms with van der Waals surface area (Å²) in [6.07, 6.45) is 0. The normalized spacial score (nSPS) is 10.6. The van der Waals surface area contributed by atoms with Crippen molar-refractivity contribution >= 4 is 34.9 Å². The molecule has 0 fully saturated rings. The maximum atomic E-state index is 12.6. The van der Waals surface area contributed by atoms with E-state index in [1.807, 2.05) is 36.4 Å². The van der Waals surface area contributed by atoms with Crippen LogP contribution >= 0.6 is 23.2 Å². The third-order valence-corrected chi connectivity index (χ3v) is 4.88. The summed E-state index contributed by atoms with van der Waals surface area (Å²) in [6, 6.07) is 23.6. The van der Waals surface area contributed by atoms with Crippen molar-refractivity contribution in [1.82, 2.24) is 15.0 Å². The van der Waals surface area contributed by atoms with Gasteiger partial charge in [-0.25, -0.2) is 0 Å². The monoisotopic (exact) mass is 408 g/mol. The van der Waals surface area contributed by atoms with Crippen LogP contribution in [-0.2, 0) is 0 Å². The summed E-state index contributed by atoms with van der Waals surface area (Å²) < 4.78 is 0. The highest BCUT2D eigenvalue weighted by Gasteiger charge is 2.19. The lowest BCUT2D eigenvalue weighted by atomic mass is 10.1. The van der Waals surface area contributed by atoms with Crippen LogP contribution in [0.15, 0.2) is 78.9 Å². The zero-order valence-corrected chi connectivity index (χ0v) is 16.0. The highest BCUT2D eigenvalue weighted by molar-refractivity contribution is 6.43. The van der Waals surface area contributed by atoms with Crippen molar-refractivity contribution in [3.63, 3.8) is 0 Å². The van der Waals surface area contributed by atoms with E-state index in [0.29, 0.717) is 32.8 Å². The molecule has 28 heavy (non-hydrogen) atoms. The molecule has 4 aromatic rings. The molecule has 0 unspecified atom stereocenters. The fourth-order valence-corrected chi connectivity index (χ4v) is 3.08. The van der Waals surface area contributed by atoms with E-state index in [1.54, 1.807) is 42.5 Å². The topological polar surface area (TPSA) is 59.8 Å². The summed E-state index contributed by atoms with van der Waals surface area (Å²) in [6.45, 7) is 0. The average molecular weight is 409 g/mol. The molecule has 1 heterocycles. The van der Waals surface area contributed by atoms with E-state index in [2.05, 4.69) is 15.5 Å². The van der Waals surface area contributed by atoms with Crippen LogP contribution in [0.4, 0.5) is 5.82 Å². The lowest BCUT2D eigenvalue weighted by Gasteiger charge is -2.04. The van der Waals surface area contributed by atoms with Crippen molar-refractivity contribution in [1.29, 1.82) is 0 Å². The van der Waals surface area contributed by atoms with Crippen LogP contribution in [0.1, 0.15) is 10.4 Å². The molecule has 1 aromatic heterocycles. The minimum Gasteiger partial charge on any atom is -0.303 e. The highest BCUT2D eigenvalue weighted by Crippen LogP contribution is 2.30. The van der Waals surface area contributed by atoms with Gasteiger partial charge in [-0.1, -0.05) is 77.8 Å². The van der Waals surface area contributed by atoms with Gasteiger partial charge in [0.25, 0.3) is 5.91 Å². The van der Waals surface area contributed by atoms with Crippen molar-refractivity contribution in [3.8, 4) is 16.9 Å². The van der Waals surface area contributed by atoms with Crippen LogP contribution < -0.4 is 5.32 Å². The van der Waals surface area contributed by atoms with E-state index in [4.69, 9.17) is 23.2 Å². The third-order valence-electron chi connectivity index (χ3n) is 4.08. The van der Waals surface area contributed by atoms with Crippen molar-refractivity contribution in [2.24, 2.45) is 0 Å². The number of anilines is 1. The van der Waals surface area contributed by atoms with Gasteiger partial charge in [0.05, 0.1) is 10.0 Å². The SMILES string of the molecule is O=C(Nc1nn(-c2cccc(Cl)c2Cl)nc1-c1ccccc1)c1ccccc1. The number of rotatable bonds is 4. The summed E-state index contributed by atoms with van der Waals surface area (Å²) >= 11 is 12.4. The van der Waals surface area contributed by atoms with E-state index in [9.17, 15) is 4.79 Å². The summed E-state index contributed by atoms with van der Waals surface area (Å²) in [5.41, 5.74) is 2.39. The van der Waals surface area contributed by atoms with Gasteiger partial charge in [0, 0.05) is 11.1 Å². The Balaban J connectivity index is 1.79. The first-order valence-corrected chi connectivity index (χ1v) is 9.22. The molecule has 1 N–H and O–H groups in total. The number of amides is 1. The van der Waals surface area contributed by atoms with Gasteiger partial charge in [-0.2, -0.15) is 0 Å². The predicted octanol–water partition coefficient (Wildman–Crippen LogP) is 5.49. The Bertz CT molecular complexity index is 1130. The molecule has 5 nitrogen and oxygen atoms in total. The maximum Gasteiger partial charge on any atom is 0.256 e. The summed E-state index contributed by atoms with van der Waals surface area (Å²) in [7, 11) is 0. The quantitative estimate of drug-likeness (QED) is 0.485. The Morgan fingerprint density at radius 2 is 1.50 bits per heavy atom. The summed E-state index contributed by atoms with van der Waals surface area (Å²) in [5.74, 6) is 0.0538. The third kappa shape index (κ3) is 3.63. The Kier molecular flexibility index (Phi) is 5.10. The molecule has 0 bridgehead atoms. The Hall–Kier alpha value is -3.15. The number of nitrogens with zero attached hydrogens (tertiary/aromatic N) is 3. The zero-order valence-electron chi connectivity index (χ0n) is 14.5. The number of hydrogen-bond acceptors (Lipinski definition) is 3. The van der Waals surface area contributed by atoms with Crippen LogP contribution in [0.3, 0.4) is 0 Å². The molecule has 0 aliphatic rings. The van der Waals surface area contributed by atoms with Gasteiger partial charge in [0.15, 0.2) is 5.82 Å². The van der Waals surface area contributed by atoms with Gasteiger partial charge < -0.3 is 5.32 Å². The van der Waals surface area contributed by atoms with Crippen LogP contribution in [0.25, 0.3) is 16.9 Å². The fraction of sp³-hybridized carbons (Fsp3) is 0. The van der Waals surface area contributed by atoms with Gasteiger partial charge in [0.1, 0.15) is 11.4 Å². The van der Waals surface area contributed by atoms with Crippen molar-refractivity contribution in [2.75, 3.05) is 5.32 Å². The number of carbonyl (C=O) groups is 1. The van der Waals surface area contributed by atoms with Gasteiger partial charge in [0.2, 0.25) is 0 Å². The van der Waals surface area contributed by atoms with E-state index < -0.39 is 0 Å². The summed E-state index contributed by atoms with van der Waals surface area (Å²) in [4.78, 5) is 14.0. The van der Waals surface area contributed by atoms with Crippen LogP contribution in [0.5, 0.6) is 0 Å². The molecule has 1 amide bonds. The fourth-order valence-electron chi connectivity index (χ4n) is 2.71. The molecule has 138 valence electrons. The van der Waals surface area contributed by atoms with Crippen molar-refractivity contribution in [2.45, 2.75) is 0 Å². The smallest absolute Gasteiger partial charge is 0.256 e. The first-order valence-electron chi connectivity index (χ1n) is 8.47. The first kappa shape index (κ1) is 18.2.